The molecule has 0 saturated carbocycles. The van der Waals surface area contributed by atoms with E-state index in [1.54, 1.807) is 11.9 Å². The number of aryl methyl sites for hydroxylation is 3. The van der Waals surface area contributed by atoms with Gasteiger partial charge in [0.2, 0.25) is 0 Å². The molecule has 7 nitrogen and oxygen atoms in total. The molecule has 3 fully saturated rings. The van der Waals surface area contributed by atoms with Crippen molar-refractivity contribution in [2.24, 2.45) is 5.92 Å². The van der Waals surface area contributed by atoms with Crippen LogP contribution in [0.3, 0.4) is 0 Å². The second-order valence-corrected chi connectivity index (χ2v) is 9.90. The number of hydrogen-bond acceptors (Lipinski definition) is 5. The molecule has 3 heterocycles. The first kappa shape index (κ1) is 21.9. The molecule has 1 N–H and O–H groups in total. The van der Waals surface area contributed by atoms with Crippen molar-refractivity contribution in [3.05, 3.63) is 64.7 Å². The Morgan fingerprint density at radius 2 is 1.73 bits per heavy atom. The third-order valence-electron chi connectivity index (χ3n) is 7.50. The summed E-state index contributed by atoms with van der Waals surface area (Å²) in [5.74, 6) is 0.277. The van der Waals surface area contributed by atoms with E-state index in [2.05, 4.69) is 54.1 Å². The number of amides is 3. The summed E-state index contributed by atoms with van der Waals surface area (Å²) in [5.41, 5.74) is 5.74. The fraction of sp³-hybridized carbons (Fsp3) is 0.462. The molecule has 3 aliphatic rings. The largest absolute Gasteiger partial charge is 0.343 e. The Labute approximate surface area is 195 Å². The van der Waals surface area contributed by atoms with Gasteiger partial charge in [-0.25, -0.2) is 4.79 Å². The van der Waals surface area contributed by atoms with Crippen LogP contribution in [0.5, 0.6) is 0 Å². The number of carbonyl (C=O) groups is 2. The molecule has 0 bridgehead atoms. The first-order valence-electron chi connectivity index (χ1n) is 11.7. The van der Waals surface area contributed by atoms with Gasteiger partial charge in [-0.3, -0.25) is 19.9 Å². The summed E-state index contributed by atoms with van der Waals surface area (Å²) in [6.45, 7) is 10.5. The monoisotopic (exact) mass is 447 g/mol. The molecule has 3 saturated heterocycles. The number of fused-ring (bicyclic) bond motifs is 3. The van der Waals surface area contributed by atoms with Crippen LogP contribution in [0.1, 0.15) is 29.2 Å². The summed E-state index contributed by atoms with van der Waals surface area (Å²) in [5, 5.41) is 3.61. The number of carbonyl (C=O) groups excluding carboxylic acids is 2. The maximum absolute atomic E-state index is 13.8. The molecule has 33 heavy (non-hydrogen) atoms. The van der Waals surface area contributed by atoms with Crippen LogP contribution in [0, 0.1) is 26.7 Å². The molecule has 0 aromatic heterocycles. The molecule has 2 aromatic carbocycles. The summed E-state index contributed by atoms with van der Waals surface area (Å²) < 4.78 is 0. The summed E-state index contributed by atoms with van der Waals surface area (Å²) in [4.78, 5) is 34.7. The molecule has 3 amide bonds. The van der Waals surface area contributed by atoms with Gasteiger partial charge in [-0.05, 0) is 61.1 Å². The molecule has 0 aliphatic carbocycles. The summed E-state index contributed by atoms with van der Waals surface area (Å²) >= 11 is 0. The van der Waals surface area contributed by atoms with Gasteiger partial charge in [-0.2, -0.15) is 0 Å². The molecule has 0 spiro atoms. The van der Waals surface area contributed by atoms with E-state index in [4.69, 9.17) is 0 Å². The van der Waals surface area contributed by atoms with E-state index in [1.165, 1.54) is 16.0 Å². The van der Waals surface area contributed by atoms with Gasteiger partial charge < -0.3 is 9.80 Å². The van der Waals surface area contributed by atoms with E-state index in [9.17, 15) is 9.59 Å². The Bertz CT molecular complexity index is 1100. The van der Waals surface area contributed by atoms with Gasteiger partial charge in [-0.1, -0.05) is 37.3 Å². The first-order valence-corrected chi connectivity index (χ1v) is 11.7. The standard InChI is InChI=1S/C26H33N5O2/c1-16-13-29(21-11-10-17(2)19(4)12-21)25-27-23-22(30(25)14-16)24(32)31(26(33)28(23)5)15-20-9-7-6-8-18(20)3/h6-12,16,22-23,25,27H,13-15H2,1-5H3. The number of anilines is 1. The normalized spacial score (nSPS) is 27.7. The number of nitrogens with one attached hydrogen (secondary N) is 1. The first-order chi connectivity index (χ1) is 15.8. The highest BCUT2D eigenvalue weighted by Gasteiger charge is 2.56. The van der Waals surface area contributed by atoms with E-state index in [1.807, 2.05) is 31.2 Å². The highest BCUT2D eigenvalue weighted by molar-refractivity contribution is 6.00. The Kier molecular flexibility index (Phi) is 5.41. The SMILES string of the molecule is Cc1ccc(N2CC(C)CN3C4C(=O)N(Cc5ccccc5C)C(=O)N(C)C4NC23)cc1C. The van der Waals surface area contributed by atoms with Gasteiger partial charge in [-0.15, -0.1) is 0 Å². The highest BCUT2D eigenvalue weighted by Crippen LogP contribution is 2.35. The minimum atomic E-state index is -0.404. The number of hydrogen-bond donors (Lipinski definition) is 1. The Balaban J connectivity index is 1.47. The lowest BCUT2D eigenvalue weighted by Crippen LogP contribution is -2.66. The lowest BCUT2D eigenvalue weighted by atomic mass is 10.0. The van der Waals surface area contributed by atoms with Crippen LogP contribution in [0.15, 0.2) is 42.5 Å². The molecule has 3 aliphatic heterocycles. The third-order valence-corrected chi connectivity index (χ3v) is 7.50. The van der Waals surface area contributed by atoms with Crippen molar-refractivity contribution in [1.29, 1.82) is 0 Å². The number of benzene rings is 2. The average molecular weight is 448 g/mol. The number of imide groups is 1. The fourth-order valence-electron chi connectivity index (χ4n) is 5.43. The zero-order valence-corrected chi connectivity index (χ0v) is 20.1. The van der Waals surface area contributed by atoms with Gasteiger partial charge >= 0.3 is 6.03 Å². The van der Waals surface area contributed by atoms with Gasteiger partial charge in [0.1, 0.15) is 18.5 Å². The van der Waals surface area contributed by atoms with Crippen LogP contribution in [0.2, 0.25) is 0 Å². The molecule has 5 rings (SSSR count). The lowest BCUT2D eigenvalue weighted by molar-refractivity contribution is -0.139. The number of urea groups is 1. The van der Waals surface area contributed by atoms with Crippen molar-refractivity contribution in [2.75, 3.05) is 25.0 Å². The Morgan fingerprint density at radius 1 is 0.970 bits per heavy atom. The van der Waals surface area contributed by atoms with Crippen LogP contribution >= 0.6 is 0 Å². The minimum Gasteiger partial charge on any atom is -0.343 e. The smallest absolute Gasteiger partial charge is 0.328 e. The topological polar surface area (TPSA) is 59.1 Å². The molecule has 4 atom stereocenters. The molecular weight excluding hydrogens is 414 g/mol. The third kappa shape index (κ3) is 3.60. The van der Waals surface area contributed by atoms with Crippen molar-refractivity contribution in [2.45, 2.75) is 52.7 Å². The van der Waals surface area contributed by atoms with Crippen LogP contribution in [0.4, 0.5) is 10.5 Å². The number of rotatable bonds is 3. The van der Waals surface area contributed by atoms with Crippen molar-refractivity contribution in [1.82, 2.24) is 20.0 Å². The predicted molar refractivity (Wildman–Crippen MR) is 129 cm³/mol. The zero-order chi connectivity index (χ0) is 23.4. The van der Waals surface area contributed by atoms with Gasteiger partial charge in [0.25, 0.3) is 5.91 Å². The molecule has 0 radical (unpaired) electrons. The molecule has 7 heteroatoms. The molecule has 174 valence electrons. The summed E-state index contributed by atoms with van der Waals surface area (Å²) in [7, 11) is 1.80. The summed E-state index contributed by atoms with van der Waals surface area (Å²) in [6.07, 6.45) is -0.474. The van der Waals surface area contributed by atoms with Gasteiger partial charge in [0.15, 0.2) is 0 Å². The van der Waals surface area contributed by atoms with E-state index < -0.39 is 6.04 Å². The fourth-order valence-corrected chi connectivity index (χ4v) is 5.43. The van der Waals surface area contributed by atoms with Crippen molar-refractivity contribution in [3.63, 3.8) is 0 Å². The van der Waals surface area contributed by atoms with Crippen LogP contribution in [0.25, 0.3) is 0 Å². The van der Waals surface area contributed by atoms with Crippen LogP contribution in [-0.2, 0) is 11.3 Å². The lowest BCUT2D eigenvalue weighted by Gasteiger charge is -2.46. The molecular formula is C26H33N5O2. The zero-order valence-electron chi connectivity index (χ0n) is 20.1. The molecule has 4 unspecified atom stereocenters. The number of likely N-dealkylation sites (N-methyl/N-ethyl adjacent to an activating group) is 1. The van der Waals surface area contributed by atoms with E-state index in [0.29, 0.717) is 12.5 Å². The van der Waals surface area contributed by atoms with E-state index in [0.717, 1.165) is 29.9 Å². The van der Waals surface area contributed by atoms with E-state index >= 15 is 0 Å². The van der Waals surface area contributed by atoms with Crippen molar-refractivity contribution < 1.29 is 9.59 Å². The van der Waals surface area contributed by atoms with Crippen molar-refractivity contribution in [3.8, 4) is 0 Å². The van der Waals surface area contributed by atoms with E-state index in [-0.39, 0.29) is 24.4 Å². The minimum absolute atomic E-state index is 0.115. The second-order valence-electron chi connectivity index (χ2n) is 9.90. The maximum Gasteiger partial charge on any atom is 0.328 e. The molecule has 2 aromatic rings. The highest BCUT2D eigenvalue weighted by atomic mass is 16.2. The Morgan fingerprint density at radius 3 is 2.45 bits per heavy atom. The van der Waals surface area contributed by atoms with Gasteiger partial charge in [0, 0.05) is 25.8 Å². The predicted octanol–water partition coefficient (Wildman–Crippen LogP) is 3.05. The van der Waals surface area contributed by atoms with Gasteiger partial charge in [0.05, 0.1) is 6.54 Å². The maximum atomic E-state index is 13.8. The quantitative estimate of drug-likeness (QED) is 0.784. The second kappa shape index (κ2) is 8.15. The summed E-state index contributed by atoms with van der Waals surface area (Å²) in [6, 6.07) is 13.8. The number of nitrogens with zero attached hydrogens (tertiary/aromatic N) is 4. The Hall–Kier alpha value is -2.90. The van der Waals surface area contributed by atoms with Crippen LogP contribution in [-0.4, -0.2) is 65.3 Å². The average Bonchev–Trinajstić information content (AvgIpc) is 3.17. The van der Waals surface area contributed by atoms with Crippen LogP contribution < -0.4 is 10.2 Å². The van der Waals surface area contributed by atoms with Crippen molar-refractivity contribution >= 4 is 17.6 Å².